The Morgan fingerprint density at radius 1 is 0.857 bits per heavy atom. The standard InChI is InChI=1S/C22H16N4OS/c1-14-10-12-15(13-11-14)20-23-17-7-3-2-6-16(17)21(27)26(20)25-22-24-18-8-4-5-9-19(18)28-22/h2-13H,1H3,(H,24,25). The number of nitrogens with one attached hydrogen (secondary N) is 1. The van der Waals surface area contributed by atoms with Crippen molar-refractivity contribution in [2.45, 2.75) is 6.92 Å². The first-order valence-corrected chi connectivity index (χ1v) is 9.72. The van der Waals surface area contributed by atoms with Crippen molar-refractivity contribution in [2.24, 2.45) is 0 Å². The van der Waals surface area contributed by atoms with Crippen LogP contribution in [0.3, 0.4) is 0 Å². The SMILES string of the molecule is Cc1ccc(-c2nc3ccccc3c(=O)n2Nc2nc3ccccc3s2)cc1. The molecule has 2 aromatic heterocycles. The van der Waals surface area contributed by atoms with Gasteiger partial charge in [-0.05, 0) is 31.2 Å². The number of hydrogen-bond donors (Lipinski definition) is 1. The second-order valence-electron chi connectivity index (χ2n) is 6.56. The van der Waals surface area contributed by atoms with Crippen LogP contribution in [-0.4, -0.2) is 14.6 Å². The molecule has 2 heterocycles. The lowest BCUT2D eigenvalue weighted by Gasteiger charge is -2.14. The lowest BCUT2D eigenvalue weighted by molar-refractivity contribution is 0.890. The van der Waals surface area contributed by atoms with Gasteiger partial charge in [0.15, 0.2) is 5.82 Å². The van der Waals surface area contributed by atoms with Crippen molar-refractivity contribution in [3.05, 3.63) is 88.7 Å². The van der Waals surface area contributed by atoms with Gasteiger partial charge in [-0.25, -0.2) is 9.97 Å². The van der Waals surface area contributed by atoms with E-state index in [1.165, 1.54) is 16.0 Å². The first-order valence-electron chi connectivity index (χ1n) is 8.90. The summed E-state index contributed by atoms with van der Waals surface area (Å²) in [6, 6.07) is 23.3. The summed E-state index contributed by atoms with van der Waals surface area (Å²) in [5, 5.41) is 1.21. The lowest BCUT2D eigenvalue weighted by atomic mass is 10.1. The number of aromatic nitrogens is 3. The van der Waals surface area contributed by atoms with Crippen LogP contribution in [0.25, 0.3) is 32.5 Å². The molecule has 5 rings (SSSR count). The van der Waals surface area contributed by atoms with Gasteiger partial charge in [0, 0.05) is 5.56 Å². The molecule has 0 fully saturated rings. The summed E-state index contributed by atoms with van der Waals surface area (Å²) in [4.78, 5) is 22.6. The Bertz CT molecular complexity index is 1340. The summed E-state index contributed by atoms with van der Waals surface area (Å²) in [5.41, 5.74) is 6.61. The summed E-state index contributed by atoms with van der Waals surface area (Å²) in [6.45, 7) is 2.03. The smallest absolute Gasteiger partial charge is 0.267 e. The van der Waals surface area contributed by atoms with Crippen LogP contribution >= 0.6 is 11.3 Å². The van der Waals surface area contributed by atoms with Crippen molar-refractivity contribution >= 4 is 37.6 Å². The molecule has 28 heavy (non-hydrogen) atoms. The van der Waals surface area contributed by atoms with Gasteiger partial charge in [-0.3, -0.25) is 10.2 Å². The number of hydrogen-bond acceptors (Lipinski definition) is 5. The van der Waals surface area contributed by atoms with Crippen molar-refractivity contribution < 1.29 is 0 Å². The zero-order chi connectivity index (χ0) is 19.1. The average Bonchev–Trinajstić information content (AvgIpc) is 3.13. The molecule has 3 aromatic carbocycles. The molecular weight excluding hydrogens is 368 g/mol. The van der Waals surface area contributed by atoms with E-state index in [-0.39, 0.29) is 5.56 Å². The fourth-order valence-electron chi connectivity index (χ4n) is 3.15. The fraction of sp³-hybridized carbons (Fsp3) is 0.0455. The van der Waals surface area contributed by atoms with Gasteiger partial charge in [0.25, 0.3) is 5.56 Å². The second kappa shape index (κ2) is 6.58. The molecule has 5 aromatic rings. The number of fused-ring (bicyclic) bond motifs is 2. The first kappa shape index (κ1) is 16.6. The van der Waals surface area contributed by atoms with Crippen LogP contribution in [0.1, 0.15) is 5.56 Å². The second-order valence-corrected chi connectivity index (χ2v) is 7.59. The molecule has 0 aliphatic heterocycles. The van der Waals surface area contributed by atoms with E-state index in [1.807, 2.05) is 73.7 Å². The largest absolute Gasteiger partial charge is 0.280 e. The van der Waals surface area contributed by atoms with Gasteiger partial charge in [-0.15, -0.1) is 0 Å². The number of anilines is 1. The molecule has 0 atom stereocenters. The van der Waals surface area contributed by atoms with Crippen molar-refractivity contribution in [3.8, 4) is 11.4 Å². The maximum absolute atomic E-state index is 13.2. The van der Waals surface area contributed by atoms with E-state index < -0.39 is 0 Å². The zero-order valence-corrected chi connectivity index (χ0v) is 15.9. The van der Waals surface area contributed by atoms with Crippen LogP contribution in [0.2, 0.25) is 0 Å². The highest BCUT2D eigenvalue weighted by atomic mass is 32.1. The summed E-state index contributed by atoms with van der Waals surface area (Å²) >= 11 is 1.50. The number of rotatable bonds is 3. The molecule has 0 saturated heterocycles. The van der Waals surface area contributed by atoms with Crippen molar-refractivity contribution in [2.75, 3.05) is 5.43 Å². The van der Waals surface area contributed by atoms with Crippen LogP contribution in [-0.2, 0) is 0 Å². The molecule has 0 aliphatic carbocycles. The molecule has 136 valence electrons. The Balaban J connectivity index is 1.73. The number of nitrogens with zero attached hydrogens (tertiary/aromatic N) is 3. The molecule has 0 spiro atoms. The molecule has 0 unspecified atom stereocenters. The topological polar surface area (TPSA) is 59.8 Å². The predicted octanol–water partition coefficient (Wildman–Crippen LogP) is 4.86. The van der Waals surface area contributed by atoms with Gasteiger partial charge in [-0.1, -0.05) is 65.4 Å². The highest BCUT2D eigenvalue weighted by molar-refractivity contribution is 7.22. The van der Waals surface area contributed by atoms with E-state index in [2.05, 4.69) is 10.4 Å². The maximum Gasteiger partial charge on any atom is 0.280 e. The van der Waals surface area contributed by atoms with Gasteiger partial charge in [0.1, 0.15) is 0 Å². The van der Waals surface area contributed by atoms with Crippen molar-refractivity contribution in [1.82, 2.24) is 14.6 Å². The minimum atomic E-state index is -0.152. The number of aryl methyl sites for hydroxylation is 1. The molecule has 0 radical (unpaired) electrons. The molecule has 0 saturated carbocycles. The monoisotopic (exact) mass is 384 g/mol. The molecule has 0 aliphatic rings. The lowest BCUT2D eigenvalue weighted by Crippen LogP contribution is -2.29. The molecule has 6 heteroatoms. The van der Waals surface area contributed by atoms with Gasteiger partial charge < -0.3 is 0 Å². The number of para-hydroxylation sites is 2. The zero-order valence-electron chi connectivity index (χ0n) is 15.1. The van der Waals surface area contributed by atoms with Crippen LogP contribution < -0.4 is 11.0 Å². The fourth-order valence-corrected chi connectivity index (χ4v) is 4.00. The molecule has 1 N–H and O–H groups in total. The minimum absolute atomic E-state index is 0.152. The van der Waals surface area contributed by atoms with E-state index >= 15 is 0 Å². The van der Waals surface area contributed by atoms with Crippen LogP contribution in [0.15, 0.2) is 77.6 Å². The molecular formula is C22H16N4OS. The van der Waals surface area contributed by atoms with Gasteiger partial charge in [0.05, 0.1) is 21.1 Å². The van der Waals surface area contributed by atoms with Gasteiger partial charge in [-0.2, -0.15) is 4.68 Å². The minimum Gasteiger partial charge on any atom is -0.267 e. The Kier molecular flexibility index (Phi) is 3.91. The third-order valence-electron chi connectivity index (χ3n) is 4.59. The molecule has 5 nitrogen and oxygen atoms in total. The van der Waals surface area contributed by atoms with Crippen molar-refractivity contribution in [3.63, 3.8) is 0 Å². The Morgan fingerprint density at radius 3 is 2.36 bits per heavy atom. The van der Waals surface area contributed by atoms with Crippen LogP contribution in [0.5, 0.6) is 0 Å². The van der Waals surface area contributed by atoms with E-state index in [0.29, 0.717) is 21.9 Å². The predicted molar refractivity (Wildman–Crippen MR) is 115 cm³/mol. The van der Waals surface area contributed by atoms with E-state index in [0.717, 1.165) is 21.3 Å². The molecule has 0 amide bonds. The Hall–Kier alpha value is -3.51. The van der Waals surface area contributed by atoms with Crippen molar-refractivity contribution in [1.29, 1.82) is 0 Å². The highest BCUT2D eigenvalue weighted by Crippen LogP contribution is 2.26. The first-order chi connectivity index (χ1) is 13.7. The normalized spacial score (nSPS) is 11.2. The third-order valence-corrected chi connectivity index (χ3v) is 5.53. The maximum atomic E-state index is 13.2. The summed E-state index contributed by atoms with van der Waals surface area (Å²) in [7, 11) is 0. The number of benzene rings is 3. The highest BCUT2D eigenvalue weighted by Gasteiger charge is 2.14. The summed E-state index contributed by atoms with van der Waals surface area (Å²) < 4.78 is 2.55. The van der Waals surface area contributed by atoms with Crippen LogP contribution in [0.4, 0.5) is 5.13 Å². The van der Waals surface area contributed by atoms with E-state index in [1.54, 1.807) is 6.07 Å². The van der Waals surface area contributed by atoms with Gasteiger partial charge in [0.2, 0.25) is 5.13 Å². The quantitative estimate of drug-likeness (QED) is 0.483. The summed E-state index contributed by atoms with van der Waals surface area (Å²) in [6.07, 6.45) is 0. The third kappa shape index (κ3) is 2.84. The van der Waals surface area contributed by atoms with E-state index in [4.69, 9.17) is 4.98 Å². The summed E-state index contributed by atoms with van der Waals surface area (Å²) in [5.74, 6) is 0.558. The Morgan fingerprint density at radius 2 is 1.57 bits per heavy atom. The average molecular weight is 384 g/mol. The van der Waals surface area contributed by atoms with Gasteiger partial charge >= 0.3 is 0 Å². The Labute approximate surface area is 164 Å². The number of thiazole rings is 1. The van der Waals surface area contributed by atoms with Crippen LogP contribution in [0, 0.1) is 6.92 Å². The van der Waals surface area contributed by atoms with E-state index in [9.17, 15) is 4.79 Å². The molecule has 0 bridgehead atoms.